The summed E-state index contributed by atoms with van der Waals surface area (Å²) in [4.78, 5) is 14.0. The molecule has 2 rings (SSSR count). The topological polar surface area (TPSA) is 49.8 Å². The van der Waals surface area contributed by atoms with Crippen molar-refractivity contribution in [2.45, 2.75) is 19.8 Å². The fraction of sp³-hybridized carbons (Fsp3) is 0.471. The van der Waals surface area contributed by atoms with Crippen LogP contribution in [0, 0.1) is 5.92 Å². The van der Waals surface area contributed by atoms with Gasteiger partial charge in [-0.15, -0.1) is 0 Å². The van der Waals surface area contributed by atoms with E-state index in [9.17, 15) is 4.79 Å². The molecule has 0 bridgehead atoms. The van der Waals surface area contributed by atoms with Crippen LogP contribution in [0.1, 0.15) is 25.3 Å². The van der Waals surface area contributed by atoms with E-state index in [-0.39, 0.29) is 12.5 Å². The first-order valence-corrected chi connectivity index (χ1v) is 7.54. The first kappa shape index (κ1) is 15.6. The zero-order valence-electron chi connectivity index (χ0n) is 12.5. The van der Waals surface area contributed by atoms with Gasteiger partial charge in [0.25, 0.3) is 0 Å². The van der Waals surface area contributed by atoms with Crippen LogP contribution in [0.15, 0.2) is 30.3 Å². The van der Waals surface area contributed by atoms with E-state index in [1.807, 2.05) is 42.2 Å². The molecule has 1 aromatic rings. The van der Waals surface area contributed by atoms with E-state index >= 15 is 0 Å². The third kappa shape index (κ3) is 4.33. The van der Waals surface area contributed by atoms with Crippen molar-refractivity contribution >= 4 is 12.0 Å². The maximum Gasteiger partial charge on any atom is 0.246 e. The lowest BCUT2D eigenvalue weighted by Gasteiger charge is -2.14. The summed E-state index contributed by atoms with van der Waals surface area (Å²) in [6.07, 6.45) is 5.18. The highest BCUT2D eigenvalue weighted by Crippen LogP contribution is 2.21. The molecule has 21 heavy (non-hydrogen) atoms. The highest BCUT2D eigenvalue weighted by Gasteiger charge is 2.24. The third-order valence-corrected chi connectivity index (χ3v) is 3.76. The van der Waals surface area contributed by atoms with Gasteiger partial charge in [0.15, 0.2) is 0 Å². The van der Waals surface area contributed by atoms with Crippen molar-refractivity contribution in [3.05, 3.63) is 35.9 Å². The Balaban J connectivity index is 1.96. The smallest absolute Gasteiger partial charge is 0.246 e. The predicted molar refractivity (Wildman–Crippen MR) is 83.0 cm³/mol. The molecule has 1 unspecified atom stereocenters. The van der Waals surface area contributed by atoms with Crippen LogP contribution in [-0.4, -0.2) is 42.2 Å². The molecule has 1 aliphatic rings. The SMILES string of the molecule is CCOc1ccccc1/C=C/C(=O)N1CCC(CCO)C1. The molecular weight excluding hydrogens is 266 g/mol. The number of hydrogen-bond donors (Lipinski definition) is 1. The molecule has 1 atom stereocenters. The Morgan fingerprint density at radius 1 is 1.48 bits per heavy atom. The van der Waals surface area contributed by atoms with Crippen LogP contribution in [-0.2, 0) is 4.79 Å². The molecule has 1 N–H and O–H groups in total. The van der Waals surface area contributed by atoms with Crippen molar-refractivity contribution < 1.29 is 14.6 Å². The van der Waals surface area contributed by atoms with Crippen molar-refractivity contribution in [3.63, 3.8) is 0 Å². The lowest BCUT2D eigenvalue weighted by molar-refractivity contribution is -0.125. The predicted octanol–water partition coefficient (Wildman–Crippen LogP) is 2.33. The van der Waals surface area contributed by atoms with Gasteiger partial charge in [0.1, 0.15) is 5.75 Å². The quantitative estimate of drug-likeness (QED) is 0.818. The number of rotatable bonds is 6. The van der Waals surface area contributed by atoms with Gasteiger partial charge in [-0.2, -0.15) is 0 Å². The lowest BCUT2D eigenvalue weighted by atomic mass is 10.1. The summed E-state index contributed by atoms with van der Waals surface area (Å²) in [7, 11) is 0. The van der Waals surface area contributed by atoms with Crippen molar-refractivity contribution in [3.8, 4) is 5.75 Å². The zero-order chi connectivity index (χ0) is 15.1. The number of likely N-dealkylation sites (tertiary alicyclic amines) is 1. The molecular formula is C17H23NO3. The molecule has 0 saturated carbocycles. The Bertz CT molecular complexity index is 499. The van der Waals surface area contributed by atoms with Gasteiger partial charge in [-0.1, -0.05) is 18.2 Å². The number of aliphatic hydroxyl groups is 1. The maximum atomic E-state index is 12.2. The number of hydrogen-bond acceptors (Lipinski definition) is 3. The summed E-state index contributed by atoms with van der Waals surface area (Å²) >= 11 is 0. The minimum atomic E-state index is 0.0294. The number of benzene rings is 1. The maximum absolute atomic E-state index is 12.2. The summed E-state index contributed by atoms with van der Waals surface area (Å²) in [6, 6.07) is 7.69. The van der Waals surface area contributed by atoms with Gasteiger partial charge in [-0.05, 0) is 37.8 Å². The van der Waals surface area contributed by atoms with Gasteiger partial charge in [-0.25, -0.2) is 0 Å². The Kier molecular flexibility index (Phi) is 5.81. The van der Waals surface area contributed by atoms with Crippen LogP contribution in [0.5, 0.6) is 5.75 Å². The highest BCUT2D eigenvalue weighted by molar-refractivity contribution is 5.92. The molecule has 0 radical (unpaired) electrons. The normalized spacial score (nSPS) is 18.4. The molecule has 4 heteroatoms. The monoisotopic (exact) mass is 289 g/mol. The number of amides is 1. The molecule has 1 heterocycles. The summed E-state index contributed by atoms with van der Waals surface area (Å²) in [5, 5.41) is 8.95. The average Bonchev–Trinajstić information content (AvgIpc) is 2.95. The molecule has 114 valence electrons. The van der Waals surface area contributed by atoms with Crippen molar-refractivity contribution in [2.24, 2.45) is 5.92 Å². The fourth-order valence-electron chi connectivity index (χ4n) is 2.62. The Morgan fingerprint density at radius 3 is 3.05 bits per heavy atom. The van der Waals surface area contributed by atoms with Crippen LogP contribution < -0.4 is 4.74 Å². The van der Waals surface area contributed by atoms with Crippen LogP contribution >= 0.6 is 0 Å². The summed E-state index contributed by atoms with van der Waals surface area (Å²) in [6.45, 7) is 4.27. The Hall–Kier alpha value is -1.81. The standard InChI is InChI=1S/C17H23NO3/c1-2-21-16-6-4-3-5-15(16)7-8-17(20)18-11-9-14(13-18)10-12-19/h3-8,14,19H,2,9-13H2,1H3/b8-7+. The summed E-state index contributed by atoms with van der Waals surface area (Å²) < 4.78 is 5.54. The van der Waals surface area contributed by atoms with E-state index in [4.69, 9.17) is 9.84 Å². The van der Waals surface area contributed by atoms with Crippen molar-refractivity contribution in [1.82, 2.24) is 4.90 Å². The average molecular weight is 289 g/mol. The van der Waals surface area contributed by atoms with Gasteiger partial charge in [0, 0.05) is 31.3 Å². The Labute approximate surface area is 126 Å². The highest BCUT2D eigenvalue weighted by atomic mass is 16.5. The number of nitrogens with zero attached hydrogens (tertiary/aromatic N) is 1. The van der Waals surface area contributed by atoms with Crippen LogP contribution in [0.25, 0.3) is 6.08 Å². The number of carbonyl (C=O) groups is 1. The van der Waals surface area contributed by atoms with E-state index in [1.165, 1.54) is 0 Å². The molecule has 1 aromatic carbocycles. The van der Waals surface area contributed by atoms with Crippen molar-refractivity contribution in [2.75, 3.05) is 26.3 Å². The minimum Gasteiger partial charge on any atom is -0.493 e. The van der Waals surface area contributed by atoms with Crippen LogP contribution in [0.4, 0.5) is 0 Å². The molecule has 0 aromatic heterocycles. The van der Waals surface area contributed by atoms with Gasteiger partial charge in [0.05, 0.1) is 6.61 Å². The largest absolute Gasteiger partial charge is 0.493 e. The van der Waals surface area contributed by atoms with E-state index in [2.05, 4.69) is 0 Å². The van der Waals surface area contributed by atoms with Gasteiger partial charge in [0.2, 0.25) is 5.91 Å². The minimum absolute atomic E-state index is 0.0294. The van der Waals surface area contributed by atoms with E-state index in [0.29, 0.717) is 12.5 Å². The van der Waals surface area contributed by atoms with Gasteiger partial charge >= 0.3 is 0 Å². The number of carbonyl (C=O) groups excluding carboxylic acids is 1. The lowest BCUT2D eigenvalue weighted by Crippen LogP contribution is -2.26. The first-order chi connectivity index (χ1) is 10.2. The third-order valence-electron chi connectivity index (χ3n) is 3.76. The molecule has 0 aliphatic carbocycles. The first-order valence-electron chi connectivity index (χ1n) is 7.54. The van der Waals surface area contributed by atoms with E-state index in [1.54, 1.807) is 6.08 Å². The second-order valence-electron chi connectivity index (χ2n) is 5.26. The molecule has 4 nitrogen and oxygen atoms in total. The summed E-state index contributed by atoms with van der Waals surface area (Å²) in [5.74, 6) is 1.26. The van der Waals surface area contributed by atoms with Crippen molar-refractivity contribution in [1.29, 1.82) is 0 Å². The molecule has 1 fully saturated rings. The van der Waals surface area contributed by atoms with Gasteiger partial charge < -0.3 is 14.7 Å². The van der Waals surface area contributed by atoms with E-state index in [0.717, 1.165) is 37.2 Å². The molecule has 1 aliphatic heterocycles. The summed E-state index contributed by atoms with van der Waals surface area (Å²) in [5.41, 5.74) is 0.916. The van der Waals surface area contributed by atoms with Crippen LogP contribution in [0.2, 0.25) is 0 Å². The molecule has 1 amide bonds. The van der Waals surface area contributed by atoms with Crippen LogP contribution in [0.3, 0.4) is 0 Å². The fourth-order valence-corrected chi connectivity index (χ4v) is 2.62. The zero-order valence-corrected chi connectivity index (χ0v) is 12.5. The molecule has 1 saturated heterocycles. The Morgan fingerprint density at radius 2 is 2.29 bits per heavy atom. The number of para-hydroxylation sites is 1. The van der Waals surface area contributed by atoms with Gasteiger partial charge in [-0.3, -0.25) is 4.79 Å². The van der Waals surface area contributed by atoms with E-state index < -0.39 is 0 Å². The number of ether oxygens (including phenoxy) is 1. The second-order valence-corrected chi connectivity index (χ2v) is 5.26. The number of aliphatic hydroxyl groups excluding tert-OH is 1. The molecule has 0 spiro atoms. The second kappa shape index (κ2) is 7.84.